The molecule has 1 amide bonds. The van der Waals surface area contributed by atoms with E-state index in [2.05, 4.69) is 4.98 Å². The van der Waals surface area contributed by atoms with Gasteiger partial charge in [0.2, 0.25) is 0 Å². The van der Waals surface area contributed by atoms with Crippen molar-refractivity contribution in [3.8, 4) is 5.69 Å². The second-order valence-corrected chi connectivity index (χ2v) is 5.79. The zero-order chi connectivity index (χ0) is 17.1. The summed E-state index contributed by atoms with van der Waals surface area (Å²) in [6.07, 6.45) is 5.19. The minimum atomic E-state index is -0.419. The van der Waals surface area contributed by atoms with Crippen LogP contribution in [-0.2, 0) is 6.54 Å². The van der Waals surface area contributed by atoms with Crippen LogP contribution in [-0.4, -0.2) is 27.4 Å². The number of nitrogens with zero attached hydrogens (tertiary/aromatic N) is 3. The minimum absolute atomic E-state index is 0.105. The molecule has 0 aliphatic rings. The third-order valence-corrected chi connectivity index (χ3v) is 4.07. The number of hydrogen-bond acceptors (Lipinski definition) is 2. The second kappa shape index (κ2) is 6.84. The lowest BCUT2D eigenvalue weighted by molar-refractivity contribution is 0.0784. The van der Waals surface area contributed by atoms with Crippen molar-refractivity contribution in [1.29, 1.82) is 0 Å². The third-order valence-electron chi connectivity index (χ3n) is 3.72. The Hall–Kier alpha value is -2.66. The van der Waals surface area contributed by atoms with E-state index in [0.29, 0.717) is 16.1 Å². The fourth-order valence-electron chi connectivity index (χ4n) is 2.40. The molecular weight excluding hydrogens is 329 g/mol. The molecule has 0 saturated carbocycles. The van der Waals surface area contributed by atoms with E-state index < -0.39 is 5.82 Å². The predicted octanol–water partition coefficient (Wildman–Crippen LogP) is 3.94. The van der Waals surface area contributed by atoms with Gasteiger partial charge in [-0.15, -0.1) is 0 Å². The lowest BCUT2D eigenvalue weighted by atomic mass is 10.1. The number of aromatic nitrogens is 2. The Labute approximate surface area is 144 Å². The smallest absolute Gasteiger partial charge is 0.253 e. The molecule has 0 radical (unpaired) electrons. The topological polar surface area (TPSA) is 38.1 Å². The molecular formula is C18H15ClFN3O. The van der Waals surface area contributed by atoms with Gasteiger partial charge in [0.25, 0.3) is 5.91 Å². The first-order valence-electron chi connectivity index (χ1n) is 7.33. The van der Waals surface area contributed by atoms with E-state index in [1.54, 1.807) is 37.8 Å². The Morgan fingerprint density at radius 1 is 1.25 bits per heavy atom. The molecule has 0 spiro atoms. The largest absolute Gasteiger partial charge is 0.337 e. The van der Waals surface area contributed by atoms with Crippen molar-refractivity contribution < 1.29 is 9.18 Å². The fourth-order valence-corrected chi connectivity index (χ4v) is 2.62. The quantitative estimate of drug-likeness (QED) is 0.719. The average Bonchev–Trinajstić information content (AvgIpc) is 3.12. The summed E-state index contributed by atoms with van der Waals surface area (Å²) in [4.78, 5) is 17.9. The number of halogens is 2. The van der Waals surface area contributed by atoms with E-state index in [4.69, 9.17) is 11.6 Å². The van der Waals surface area contributed by atoms with Crippen LogP contribution in [0.1, 0.15) is 15.9 Å². The van der Waals surface area contributed by atoms with Gasteiger partial charge in [0.05, 0.1) is 6.33 Å². The summed E-state index contributed by atoms with van der Waals surface area (Å²) in [6.45, 7) is 0.105. The molecule has 1 heterocycles. The van der Waals surface area contributed by atoms with E-state index in [1.807, 2.05) is 22.9 Å². The van der Waals surface area contributed by atoms with Gasteiger partial charge in [-0.1, -0.05) is 17.7 Å². The molecule has 2 aromatic carbocycles. The molecule has 3 rings (SSSR count). The highest BCUT2D eigenvalue weighted by Crippen LogP contribution is 2.21. The molecule has 6 heteroatoms. The first-order chi connectivity index (χ1) is 11.6. The van der Waals surface area contributed by atoms with Crippen LogP contribution in [0.3, 0.4) is 0 Å². The second-order valence-electron chi connectivity index (χ2n) is 5.38. The summed E-state index contributed by atoms with van der Waals surface area (Å²) in [5.41, 5.74) is 1.74. The van der Waals surface area contributed by atoms with Crippen LogP contribution < -0.4 is 0 Å². The van der Waals surface area contributed by atoms with E-state index in [1.165, 1.54) is 17.0 Å². The van der Waals surface area contributed by atoms with Crippen molar-refractivity contribution in [2.45, 2.75) is 6.54 Å². The summed E-state index contributed by atoms with van der Waals surface area (Å²) >= 11 is 6.02. The van der Waals surface area contributed by atoms with Crippen molar-refractivity contribution in [2.75, 3.05) is 7.05 Å². The molecule has 4 nitrogen and oxygen atoms in total. The molecule has 0 unspecified atom stereocenters. The first kappa shape index (κ1) is 16.2. The highest BCUT2D eigenvalue weighted by atomic mass is 35.5. The maximum atomic E-state index is 13.9. The van der Waals surface area contributed by atoms with Crippen LogP contribution in [0.25, 0.3) is 5.69 Å². The van der Waals surface area contributed by atoms with E-state index >= 15 is 0 Å². The lowest BCUT2D eigenvalue weighted by Crippen LogP contribution is -2.26. The van der Waals surface area contributed by atoms with Crippen LogP contribution in [0, 0.1) is 5.82 Å². The predicted molar refractivity (Wildman–Crippen MR) is 90.8 cm³/mol. The van der Waals surface area contributed by atoms with Crippen molar-refractivity contribution in [3.63, 3.8) is 0 Å². The summed E-state index contributed by atoms with van der Waals surface area (Å²) in [7, 11) is 1.62. The summed E-state index contributed by atoms with van der Waals surface area (Å²) in [6, 6.07) is 11.6. The van der Waals surface area contributed by atoms with Gasteiger partial charge in [0, 0.05) is 47.8 Å². The number of amides is 1. The zero-order valence-corrected chi connectivity index (χ0v) is 13.7. The van der Waals surface area contributed by atoms with E-state index in [0.717, 1.165) is 5.69 Å². The van der Waals surface area contributed by atoms with E-state index in [9.17, 15) is 9.18 Å². The highest BCUT2D eigenvalue weighted by molar-refractivity contribution is 6.31. The van der Waals surface area contributed by atoms with Gasteiger partial charge in [0.1, 0.15) is 5.82 Å². The molecule has 122 valence electrons. The normalized spacial score (nSPS) is 10.6. The SMILES string of the molecule is CN(Cc1c(F)cccc1Cl)C(=O)c1ccc(-n2ccnc2)cc1. The van der Waals surface area contributed by atoms with Crippen LogP contribution in [0.5, 0.6) is 0 Å². The van der Waals surface area contributed by atoms with Crippen molar-refractivity contribution in [2.24, 2.45) is 0 Å². The Morgan fingerprint density at radius 3 is 2.62 bits per heavy atom. The molecule has 0 N–H and O–H groups in total. The van der Waals surface area contributed by atoms with Crippen molar-refractivity contribution in [1.82, 2.24) is 14.5 Å². The molecule has 0 bridgehead atoms. The maximum absolute atomic E-state index is 13.9. The molecule has 3 aromatic rings. The number of rotatable bonds is 4. The number of carbonyl (C=O) groups is 1. The number of benzene rings is 2. The summed E-state index contributed by atoms with van der Waals surface area (Å²) in [5, 5.41) is 0.310. The average molecular weight is 344 g/mol. The number of imidazole rings is 1. The van der Waals surface area contributed by atoms with Gasteiger partial charge in [-0.2, -0.15) is 0 Å². The summed E-state index contributed by atoms with van der Waals surface area (Å²) < 4.78 is 15.7. The Morgan fingerprint density at radius 2 is 2.00 bits per heavy atom. The molecule has 0 fully saturated rings. The standard InChI is InChI=1S/C18H15ClFN3O/c1-22(11-15-16(19)3-2-4-17(15)20)18(24)13-5-7-14(8-6-13)23-10-9-21-12-23/h2-10,12H,11H2,1H3. The van der Waals surface area contributed by atoms with Gasteiger partial charge < -0.3 is 9.47 Å². The Balaban J connectivity index is 1.76. The first-order valence-corrected chi connectivity index (χ1v) is 7.71. The van der Waals surface area contributed by atoms with Crippen LogP contribution >= 0.6 is 11.6 Å². The summed E-state index contributed by atoms with van der Waals surface area (Å²) in [5.74, 6) is -0.621. The van der Waals surface area contributed by atoms with Crippen LogP contribution in [0.2, 0.25) is 5.02 Å². The zero-order valence-electron chi connectivity index (χ0n) is 13.0. The Bertz CT molecular complexity index is 827. The monoisotopic (exact) mass is 343 g/mol. The highest BCUT2D eigenvalue weighted by Gasteiger charge is 2.16. The molecule has 0 saturated heterocycles. The van der Waals surface area contributed by atoms with Gasteiger partial charge in [-0.05, 0) is 36.4 Å². The molecule has 0 aliphatic heterocycles. The van der Waals surface area contributed by atoms with Crippen LogP contribution in [0.15, 0.2) is 61.2 Å². The van der Waals surface area contributed by atoms with Crippen LogP contribution in [0.4, 0.5) is 4.39 Å². The minimum Gasteiger partial charge on any atom is -0.337 e. The van der Waals surface area contributed by atoms with Gasteiger partial charge in [-0.25, -0.2) is 9.37 Å². The lowest BCUT2D eigenvalue weighted by Gasteiger charge is -2.18. The third kappa shape index (κ3) is 3.31. The molecule has 24 heavy (non-hydrogen) atoms. The molecule has 1 aromatic heterocycles. The molecule has 0 atom stereocenters. The van der Waals surface area contributed by atoms with Crippen molar-refractivity contribution in [3.05, 3.63) is 83.2 Å². The van der Waals surface area contributed by atoms with E-state index in [-0.39, 0.29) is 12.5 Å². The maximum Gasteiger partial charge on any atom is 0.253 e. The van der Waals surface area contributed by atoms with Gasteiger partial charge in [-0.3, -0.25) is 4.79 Å². The number of hydrogen-bond donors (Lipinski definition) is 0. The van der Waals surface area contributed by atoms with Gasteiger partial charge >= 0.3 is 0 Å². The molecule has 0 aliphatic carbocycles. The van der Waals surface area contributed by atoms with Gasteiger partial charge in [0.15, 0.2) is 0 Å². The Kier molecular flexibility index (Phi) is 4.62. The van der Waals surface area contributed by atoms with Crippen molar-refractivity contribution >= 4 is 17.5 Å². The fraction of sp³-hybridized carbons (Fsp3) is 0.111. The number of carbonyl (C=O) groups excluding carboxylic acids is 1.